The molecule has 31 heavy (non-hydrogen) atoms. The predicted molar refractivity (Wildman–Crippen MR) is 124 cm³/mol. The molecule has 1 atom stereocenters. The molecule has 0 radical (unpaired) electrons. The number of carbonyl (C=O) groups excluding carboxylic acids is 1. The Morgan fingerprint density at radius 3 is 2.58 bits per heavy atom. The molecule has 2 aromatic heterocycles. The fourth-order valence-corrected chi connectivity index (χ4v) is 4.36. The lowest BCUT2D eigenvalue weighted by Gasteiger charge is -2.25. The molecule has 0 aliphatic carbocycles. The van der Waals surface area contributed by atoms with Crippen LogP contribution in [0.4, 0.5) is 5.69 Å². The molecule has 1 aliphatic rings. The van der Waals surface area contributed by atoms with Crippen LogP contribution >= 0.6 is 0 Å². The Morgan fingerprint density at radius 2 is 1.90 bits per heavy atom. The molecule has 0 bridgehead atoms. The van der Waals surface area contributed by atoms with Crippen molar-refractivity contribution in [2.75, 3.05) is 18.4 Å². The highest BCUT2D eigenvalue weighted by molar-refractivity contribution is 5.94. The molecule has 1 aromatic carbocycles. The number of anilines is 1. The van der Waals surface area contributed by atoms with Crippen molar-refractivity contribution in [3.63, 3.8) is 0 Å². The van der Waals surface area contributed by atoms with E-state index in [9.17, 15) is 4.79 Å². The van der Waals surface area contributed by atoms with E-state index < -0.39 is 0 Å². The van der Waals surface area contributed by atoms with Crippen molar-refractivity contribution in [2.24, 2.45) is 13.0 Å². The third-order valence-corrected chi connectivity index (χ3v) is 6.69. The maximum absolute atomic E-state index is 12.8. The number of nitrogens with one attached hydrogen (secondary N) is 1. The summed E-state index contributed by atoms with van der Waals surface area (Å²) in [5.74, 6) is 0.883. The molecule has 0 spiro atoms. The molecule has 4 rings (SSSR count). The molecule has 7 heteroatoms. The average Bonchev–Trinajstić information content (AvgIpc) is 3.19. The molecule has 166 valence electrons. The van der Waals surface area contributed by atoms with Gasteiger partial charge in [0.25, 0.3) is 0 Å². The van der Waals surface area contributed by atoms with Gasteiger partial charge in [-0.05, 0) is 70.5 Å². The fourth-order valence-electron chi connectivity index (χ4n) is 4.36. The third-order valence-electron chi connectivity index (χ3n) is 6.69. The topological polar surface area (TPSA) is 68.0 Å². The summed E-state index contributed by atoms with van der Waals surface area (Å²) in [5.41, 5.74) is 6.13. The van der Waals surface area contributed by atoms with E-state index in [4.69, 9.17) is 4.98 Å². The monoisotopic (exact) mass is 422 g/mol. The van der Waals surface area contributed by atoms with Crippen LogP contribution in [0.25, 0.3) is 11.0 Å². The maximum Gasteiger partial charge on any atom is 0.229 e. The minimum absolute atomic E-state index is 0.00553. The van der Waals surface area contributed by atoms with Crippen LogP contribution < -0.4 is 5.32 Å². The molecule has 0 unspecified atom stereocenters. The Bertz CT molecular complexity index is 1090. The summed E-state index contributed by atoms with van der Waals surface area (Å²) in [7, 11) is 2.07. The lowest BCUT2D eigenvalue weighted by Crippen LogP contribution is -2.30. The second-order valence-corrected chi connectivity index (χ2v) is 9.00. The number of fused-ring (bicyclic) bond motifs is 1. The summed E-state index contributed by atoms with van der Waals surface area (Å²) < 4.78 is 4.10. The quantitative estimate of drug-likeness (QED) is 0.653. The Labute approximate surface area is 184 Å². The zero-order valence-corrected chi connectivity index (χ0v) is 19.4. The van der Waals surface area contributed by atoms with E-state index in [0.29, 0.717) is 6.54 Å². The number of aromatic nitrogens is 4. The Morgan fingerprint density at radius 1 is 1.16 bits per heavy atom. The highest BCUT2D eigenvalue weighted by atomic mass is 16.1. The van der Waals surface area contributed by atoms with Crippen LogP contribution in [0, 0.1) is 26.7 Å². The predicted octanol–water partition coefficient (Wildman–Crippen LogP) is 3.96. The van der Waals surface area contributed by atoms with E-state index in [0.717, 1.165) is 53.6 Å². The van der Waals surface area contributed by atoms with Gasteiger partial charge in [0.2, 0.25) is 5.91 Å². The van der Waals surface area contributed by atoms with Crippen molar-refractivity contribution >= 4 is 22.6 Å². The second-order valence-electron chi connectivity index (χ2n) is 9.00. The van der Waals surface area contributed by atoms with Gasteiger partial charge in [-0.2, -0.15) is 5.10 Å². The van der Waals surface area contributed by atoms with Gasteiger partial charge in [-0.3, -0.25) is 14.4 Å². The van der Waals surface area contributed by atoms with Crippen LogP contribution in [0.3, 0.4) is 0 Å². The number of piperidine rings is 1. The minimum Gasteiger partial charge on any atom is -0.330 e. The summed E-state index contributed by atoms with van der Waals surface area (Å²) in [6.07, 6.45) is 3.88. The van der Waals surface area contributed by atoms with Gasteiger partial charge in [-0.25, -0.2) is 4.98 Å². The van der Waals surface area contributed by atoms with Gasteiger partial charge in [0.1, 0.15) is 5.82 Å². The first-order chi connectivity index (χ1) is 14.8. The van der Waals surface area contributed by atoms with Crippen molar-refractivity contribution in [3.05, 3.63) is 41.0 Å². The number of imidazole rings is 1. The van der Waals surface area contributed by atoms with Crippen LogP contribution in [0.1, 0.15) is 49.0 Å². The number of rotatable bonds is 6. The molecular weight excluding hydrogens is 388 g/mol. The molecule has 1 saturated heterocycles. The van der Waals surface area contributed by atoms with Crippen LogP contribution in [0.2, 0.25) is 0 Å². The molecule has 3 aromatic rings. The second kappa shape index (κ2) is 8.83. The summed E-state index contributed by atoms with van der Waals surface area (Å²) in [5, 5.41) is 7.63. The van der Waals surface area contributed by atoms with Crippen molar-refractivity contribution in [2.45, 2.75) is 60.0 Å². The molecule has 1 amide bonds. The number of aryl methyl sites for hydroxylation is 2. The molecule has 3 heterocycles. The van der Waals surface area contributed by atoms with E-state index in [-0.39, 0.29) is 11.8 Å². The largest absolute Gasteiger partial charge is 0.330 e. The first-order valence-electron chi connectivity index (χ1n) is 11.3. The summed E-state index contributed by atoms with van der Waals surface area (Å²) >= 11 is 0. The van der Waals surface area contributed by atoms with E-state index in [2.05, 4.69) is 40.8 Å². The molecule has 1 N–H and O–H groups in total. The van der Waals surface area contributed by atoms with Gasteiger partial charge < -0.3 is 9.88 Å². The fraction of sp³-hybridized carbons (Fsp3) is 0.542. The van der Waals surface area contributed by atoms with E-state index in [1.165, 1.54) is 24.8 Å². The van der Waals surface area contributed by atoms with Gasteiger partial charge in [0.15, 0.2) is 0 Å². The summed E-state index contributed by atoms with van der Waals surface area (Å²) in [6.45, 7) is 11.8. The number of benzene rings is 1. The van der Waals surface area contributed by atoms with Crippen LogP contribution in [0.15, 0.2) is 18.2 Å². The zero-order valence-electron chi connectivity index (χ0n) is 19.4. The zero-order chi connectivity index (χ0) is 22.1. The van der Waals surface area contributed by atoms with E-state index >= 15 is 0 Å². The molecular formula is C24H34N6O. The number of likely N-dealkylation sites (tertiary alicyclic amines) is 1. The van der Waals surface area contributed by atoms with Gasteiger partial charge in [-0.1, -0.05) is 13.3 Å². The SMILES string of the molecule is Cc1nn(C[C@@H](C)C(=O)Nc2ccc3c(c2)nc(CN2CCCCC2)n3C)c(C)c1C. The third kappa shape index (κ3) is 4.51. The standard InChI is InChI=1S/C24H34N6O/c1-16(14-30-19(4)17(2)18(3)27-30)24(31)25-20-9-10-22-21(13-20)26-23(28(22)5)15-29-11-7-6-8-12-29/h9-10,13,16H,6-8,11-12,14-15H2,1-5H3,(H,25,31)/t16-/m1/s1. The first kappa shape index (κ1) is 21.6. The molecule has 1 fully saturated rings. The lowest BCUT2D eigenvalue weighted by molar-refractivity contribution is -0.119. The normalized spacial score (nSPS) is 16.0. The number of nitrogens with zero attached hydrogens (tertiary/aromatic N) is 5. The highest BCUT2D eigenvalue weighted by Gasteiger charge is 2.18. The highest BCUT2D eigenvalue weighted by Crippen LogP contribution is 2.22. The Kier molecular flexibility index (Phi) is 6.14. The summed E-state index contributed by atoms with van der Waals surface area (Å²) in [6, 6.07) is 5.99. The number of carbonyl (C=O) groups is 1. The Hall–Kier alpha value is -2.67. The molecule has 1 aliphatic heterocycles. The van der Waals surface area contributed by atoms with Crippen molar-refractivity contribution < 1.29 is 4.79 Å². The average molecular weight is 423 g/mol. The molecule has 0 saturated carbocycles. The summed E-state index contributed by atoms with van der Waals surface area (Å²) in [4.78, 5) is 20.2. The van der Waals surface area contributed by atoms with Crippen molar-refractivity contribution in [1.82, 2.24) is 24.2 Å². The smallest absolute Gasteiger partial charge is 0.229 e. The van der Waals surface area contributed by atoms with E-state index in [1.807, 2.05) is 36.7 Å². The van der Waals surface area contributed by atoms with Gasteiger partial charge in [0.05, 0.1) is 35.7 Å². The maximum atomic E-state index is 12.8. The van der Waals surface area contributed by atoms with Crippen LogP contribution in [-0.2, 0) is 24.9 Å². The van der Waals surface area contributed by atoms with Crippen molar-refractivity contribution in [3.8, 4) is 0 Å². The molecule has 7 nitrogen and oxygen atoms in total. The number of hydrogen-bond acceptors (Lipinski definition) is 4. The number of hydrogen-bond donors (Lipinski definition) is 1. The van der Waals surface area contributed by atoms with Gasteiger partial charge in [0, 0.05) is 18.4 Å². The van der Waals surface area contributed by atoms with E-state index in [1.54, 1.807) is 0 Å². The van der Waals surface area contributed by atoms with Crippen LogP contribution in [0.5, 0.6) is 0 Å². The number of amides is 1. The van der Waals surface area contributed by atoms with Gasteiger partial charge >= 0.3 is 0 Å². The lowest BCUT2D eigenvalue weighted by atomic mass is 10.1. The van der Waals surface area contributed by atoms with Crippen molar-refractivity contribution in [1.29, 1.82) is 0 Å². The minimum atomic E-state index is -0.188. The first-order valence-corrected chi connectivity index (χ1v) is 11.3. The van der Waals surface area contributed by atoms with Gasteiger partial charge in [-0.15, -0.1) is 0 Å². The van der Waals surface area contributed by atoms with Crippen LogP contribution in [-0.4, -0.2) is 43.2 Å². The Balaban J connectivity index is 1.45.